The maximum absolute atomic E-state index is 12.3. The normalized spacial score (nSPS) is 28.0. The Morgan fingerprint density at radius 3 is 2.32 bits per heavy atom. The Morgan fingerprint density at radius 1 is 1.16 bits per heavy atom. The molecule has 3 nitrogen and oxygen atoms in total. The first-order valence-electron chi connectivity index (χ1n) is 7.20. The van der Waals surface area contributed by atoms with Crippen LogP contribution in [0.15, 0.2) is 24.3 Å². The van der Waals surface area contributed by atoms with E-state index in [0.717, 1.165) is 30.2 Å². The van der Waals surface area contributed by atoms with Gasteiger partial charge in [0.25, 0.3) is 0 Å². The zero-order chi connectivity index (χ0) is 13.4. The molecule has 0 bridgehead atoms. The standard InChI is InChI=1S/C16H22N2O/c1-18(10-12-4-2-11(9-17)3-5-12)16(19)15-7-13-6-14(13)8-15/h2-5,13-15H,6-10,17H2,1H3. The van der Waals surface area contributed by atoms with Crippen LogP contribution in [-0.4, -0.2) is 17.9 Å². The zero-order valence-electron chi connectivity index (χ0n) is 11.5. The fraction of sp³-hybridized carbons (Fsp3) is 0.562. The Labute approximate surface area is 114 Å². The maximum atomic E-state index is 12.3. The van der Waals surface area contributed by atoms with Crippen LogP contribution in [0.4, 0.5) is 0 Å². The van der Waals surface area contributed by atoms with Crippen molar-refractivity contribution in [1.29, 1.82) is 0 Å². The van der Waals surface area contributed by atoms with Gasteiger partial charge in [-0.3, -0.25) is 4.79 Å². The van der Waals surface area contributed by atoms with Crippen LogP contribution < -0.4 is 5.73 Å². The molecular weight excluding hydrogens is 236 g/mol. The summed E-state index contributed by atoms with van der Waals surface area (Å²) in [5.74, 6) is 2.35. The molecule has 2 N–H and O–H groups in total. The first-order chi connectivity index (χ1) is 9.17. The van der Waals surface area contributed by atoms with Gasteiger partial charge in [0.15, 0.2) is 0 Å². The molecule has 1 amide bonds. The summed E-state index contributed by atoms with van der Waals surface area (Å²) in [7, 11) is 1.92. The summed E-state index contributed by atoms with van der Waals surface area (Å²) in [6.45, 7) is 1.27. The van der Waals surface area contributed by atoms with Crippen molar-refractivity contribution in [2.75, 3.05) is 7.05 Å². The van der Waals surface area contributed by atoms with Gasteiger partial charge in [0.1, 0.15) is 0 Å². The number of amides is 1. The summed E-state index contributed by atoms with van der Waals surface area (Å²) in [5.41, 5.74) is 7.89. The third-order valence-electron chi connectivity index (χ3n) is 4.65. The van der Waals surface area contributed by atoms with Crippen molar-refractivity contribution in [3.63, 3.8) is 0 Å². The summed E-state index contributed by atoms with van der Waals surface area (Å²) in [6, 6.07) is 8.22. The summed E-state index contributed by atoms with van der Waals surface area (Å²) in [4.78, 5) is 14.2. The third-order valence-corrected chi connectivity index (χ3v) is 4.65. The molecule has 0 spiro atoms. The van der Waals surface area contributed by atoms with Crippen LogP contribution in [0, 0.1) is 17.8 Å². The Kier molecular flexibility index (Phi) is 3.31. The van der Waals surface area contributed by atoms with E-state index < -0.39 is 0 Å². The molecule has 2 saturated carbocycles. The van der Waals surface area contributed by atoms with Crippen molar-refractivity contribution in [2.24, 2.45) is 23.5 Å². The van der Waals surface area contributed by atoms with Gasteiger partial charge in [0.05, 0.1) is 0 Å². The van der Waals surface area contributed by atoms with Crippen LogP contribution in [0.1, 0.15) is 30.4 Å². The SMILES string of the molecule is CN(Cc1ccc(CN)cc1)C(=O)C1CC2CC2C1. The van der Waals surface area contributed by atoms with E-state index in [4.69, 9.17) is 5.73 Å². The number of fused-ring (bicyclic) bond motifs is 1. The van der Waals surface area contributed by atoms with Crippen molar-refractivity contribution in [2.45, 2.75) is 32.4 Å². The molecule has 2 aliphatic rings. The molecular formula is C16H22N2O. The molecule has 2 atom stereocenters. The molecule has 2 fully saturated rings. The number of rotatable bonds is 4. The van der Waals surface area contributed by atoms with Gasteiger partial charge in [0, 0.05) is 26.1 Å². The lowest BCUT2D eigenvalue weighted by atomic mass is 10.0. The second-order valence-corrected chi connectivity index (χ2v) is 6.14. The van der Waals surface area contributed by atoms with Gasteiger partial charge in [-0.2, -0.15) is 0 Å². The number of hydrogen-bond acceptors (Lipinski definition) is 2. The summed E-state index contributed by atoms with van der Waals surface area (Å²) in [6.07, 6.45) is 3.62. The number of hydrogen-bond donors (Lipinski definition) is 1. The predicted octanol–water partition coefficient (Wildman–Crippen LogP) is 2.15. The van der Waals surface area contributed by atoms with Gasteiger partial charge in [-0.25, -0.2) is 0 Å². The van der Waals surface area contributed by atoms with Crippen LogP contribution in [0.3, 0.4) is 0 Å². The second-order valence-electron chi connectivity index (χ2n) is 6.14. The quantitative estimate of drug-likeness (QED) is 0.899. The minimum absolute atomic E-state index is 0.289. The van der Waals surface area contributed by atoms with Crippen molar-refractivity contribution in [3.8, 4) is 0 Å². The van der Waals surface area contributed by atoms with Crippen LogP contribution >= 0.6 is 0 Å². The molecule has 3 rings (SSSR count). The molecule has 0 radical (unpaired) electrons. The molecule has 1 aromatic rings. The molecule has 2 unspecified atom stereocenters. The Balaban J connectivity index is 1.57. The molecule has 0 aromatic heterocycles. The highest BCUT2D eigenvalue weighted by Crippen LogP contribution is 2.54. The molecule has 19 heavy (non-hydrogen) atoms. The van der Waals surface area contributed by atoms with Crippen LogP contribution in [0.5, 0.6) is 0 Å². The average molecular weight is 258 g/mol. The zero-order valence-corrected chi connectivity index (χ0v) is 11.5. The fourth-order valence-corrected chi connectivity index (χ4v) is 3.36. The van der Waals surface area contributed by atoms with E-state index >= 15 is 0 Å². The van der Waals surface area contributed by atoms with Gasteiger partial charge in [-0.1, -0.05) is 24.3 Å². The summed E-state index contributed by atoms with van der Waals surface area (Å²) < 4.78 is 0. The lowest BCUT2D eigenvalue weighted by molar-refractivity contribution is -0.134. The first-order valence-corrected chi connectivity index (χ1v) is 7.20. The Hall–Kier alpha value is -1.35. The number of benzene rings is 1. The Bertz CT molecular complexity index is 458. The van der Waals surface area contributed by atoms with Crippen LogP contribution in [0.2, 0.25) is 0 Å². The van der Waals surface area contributed by atoms with E-state index in [0.29, 0.717) is 19.0 Å². The van der Waals surface area contributed by atoms with E-state index in [2.05, 4.69) is 12.1 Å². The maximum Gasteiger partial charge on any atom is 0.225 e. The highest BCUT2D eigenvalue weighted by Gasteiger charge is 2.48. The minimum Gasteiger partial charge on any atom is -0.341 e. The van der Waals surface area contributed by atoms with Gasteiger partial charge >= 0.3 is 0 Å². The average Bonchev–Trinajstić information content (AvgIpc) is 3.05. The second kappa shape index (κ2) is 4.97. The molecule has 0 heterocycles. The van der Waals surface area contributed by atoms with Crippen molar-refractivity contribution in [1.82, 2.24) is 4.90 Å². The number of carbonyl (C=O) groups excluding carboxylic acids is 1. The van der Waals surface area contributed by atoms with E-state index in [-0.39, 0.29) is 5.92 Å². The predicted molar refractivity (Wildman–Crippen MR) is 75.1 cm³/mol. The molecule has 102 valence electrons. The lowest BCUT2D eigenvalue weighted by Crippen LogP contribution is -2.31. The highest BCUT2D eigenvalue weighted by molar-refractivity contribution is 5.79. The molecule has 2 aliphatic carbocycles. The van der Waals surface area contributed by atoms with E-state index in [1.165, 1.54) is 12.0 Å². The van der Waals surface area contributed by atoms with Crippen molar-refractivity contribution in [3.05, 3.63) is 35.4 Å². The monoisotopic (exact) mass is 258 g/mol. The number of nitrogens with two attached hydrogens (primary N) is 1. The molecule has 3 heteroatoms. The van der Waals surface area contributed by atoms with Crippen LogP contribution in [-0.2, 0) is 17.9 Å². The van der Waals surface area contributed by atoms with Crippen molar-refractivity contribution >= 4 is 5.91 Å². The van der Waals surface area contributed by atoms with Gasteiger partial charge < -0.3 is 10.6 Å². The minimum atomic E-state index is 0.289. The molecule has 1 aromatic carbocycles. The smallest absolute Gasteiger partial charge is 0.225 e. The number of carbonyl (C=O) groups is 1. The first kappa shape index (κ1) is 12.7. The molecule has 0 saturated heterocycles. The largest absolute Gasteiger partial charge is 0.341 e. The van der Waals surface area contributed by atoms with Crippen LogP contribution in [0.25, 0.3) is 0 Å². The van der Waals surface area contributed by atoms with E-state index in [1.54, 1.807) is 0 Å². The lowest BCUT2D eigenvalue weighted by Gasteiger charge is -2.22. The van der Waals surface area contributed by atoms with Gasteiger partial charge in [-0.15, -0.1) is 0 Å². The summed E-state index contributed by atoms with van der Waals surface area (Å²) >= 11 is 0. The van der Waals surface area contributed by atoms with Crippen molar-refractivity contribution < 1.29 is 4.79 Å². The highest BCUT2D eigenvalue weighted by atomic mass is 16.2. The third kappa shape index (κ3) is 2.66. The fourth-order valence-electron chi connectivity index (χ4n) is 3.36. The van der Waals surface area contributed by atoms with E-state index in [1.807, 2.05) is 24.1 Å². The Morgan fingerprint density at radius 2 is 1.74 bits per heavy atom. The van der Waals surface area contributed by atoms with Gasteiger partial charge in [0.2, 0.25) is 5.91 Å². The summed E-state index contributed by atoms with van der Waals surface area (Å²) in [5, 5.41) is 0. The van der Waals surface area contributed by atoms with E-state index in [9.17, 15) is 4.79 Å². The topological polar surface area (TPSA) is 46.3 Å². The van der Waals surface area contributed by atoms with Gasteiger partial charge in [-0.05, 0) is 42.2 Å². The number of nitrogens with zero attached hydrogens (tertiary/aromatic N) is 1. The molecule has 0 aliphatic heterocycles.